The number of hydrogen-bond acceptors (Lipinski definition) is 3. The van der Waals surface area contributed by atoms with Gasteiger partial charge in [0.05, 0.1) is 0 Å². The van der Waals surface area contributed by atoms with Crippen LogP contribution in [-0.2, 0) is 0 Å². The third-order valence-electron chi connectivity index (χ3n) is 1.46. The molecule has 5 heteroatoms. The predicted molar refractivity (Wildman–Crippen MR) is 62.7 cm³/mol. The van der Waals surface area contributed by atoms with Gasteiger partial charge in [0.2, 0.25) is 0 Å². The molecule has 0 aliphatic rings. The lowest BCUT2D eigenvalue weighted by Gasteiger charge is -1.96. The van der Waals surface area contributed by atoms with Crippen LogP contribution >= 0.6 is 46.3 Å². The van der Waals surface area contributed by atoms with Crippen molar-refractivity contribution in [2.24, 2.45) is 0 Å². The highest BCUT2D eigenvalue weighted by molar-refractivity contribution is 8.01. The monoisotopic (exact) mass is 261 g/mol. The van der Waals surface area contributed by atoms with Gasteiger partial charge in [-0.15, -0.1) is 11.3 Å². The summed E-state index contributed by atoms with van der Waals surface area (Å²) in [6, 6.07) is 7.66. The summed E-state index contributed by atoms with van der Waals surface area (Å²) < 4.78 is 0.928. The fourth-order valence-electron chi connectivity index (χ4n) is 0.917. The molecule has 0 radical (unpaired) electrons. The Balaban J connectivity index is 2.18. The van der Waals surface area contributed by atoms with Crippen LogP contribution < -0.4 is 0 Å². The maximum Gasteiger partial charge on any atom is 0.156 e. The van der Waals surface area contributed by atoms with Crippen LogP contribution in [0.1, 0.15) is 0 Å². The first kappa shape index (κ1) is 10.3. The van der Waals surface area contributed by atoms with Crippen LogP contribution in [0.15, 0.2) is 38.9 Å². The summed E-state index contributed by atoms with van der Waals surface area (Å²) in [6.45, 7) is 0. The Bertz CT molecular complexity index is 442. The van der Waals surface area contributed by atoms with Gasteiger partial charge in [0.25, 0.3) is 0 Å². The zero-order valence-electron chi connectivity index (χ0n) is 6.91. The molecule has 0 atom stereocenters. The van der Waals surface area contributed by atoms with Gasteiger partial charge >= 0.3 is 0 Å². The molecule has 0 amide bonds. The van der Waals surface area contributed by atoms with E-state index in [4.69, 9.17) is 23.2 Å². The Morgan fingerprint density at radius 3 is 2.79 bits per heavy atom. The molecule has 0 saturated carbocycles. The topological polar surface area (TPSA) is 12.9 Å². The largest absolute Gasteiger partial charge is 0.218 e. The van der Waals surface area contributed by atoms with E-state index in [9.17, 15) is 0 Å². The summed E-state index contributed by atoms with van der Waals surface area (Å²) in [5.41, 5.74) is 0. The van der Waals surface area contributed by atoms with E-state index in [0.29, 0.717) is 5.15 Å². The van der Waals surface area contributed by atoms with Gasteiger partial charge in [-0.2, -0.15) is 0 Å². The van der Waals surface area contributed by atoms with Crippen molar-refractivity contribution in [2.75, 3.05) is 0 Å². The molecule has 1 nitrogen and oxygen atoms in total. The quantitative estimate of drug-likeness (QED) is 0.784. The molecule has 2 rings (SSSR count). The highest BCUT2D eigenvalue weighted by Gasteiger charge is 2.02. The van der Waals surface area contributed by atoms with Crippen molar-refractivity contribution in [3.8, 4) is 0 Å². The molecular formula is C9H5Cl2NS2. The summed E-state index contributed by atoms with van der Waals surface area (Å²) in [5, 5.41) is 3.09. The van der Waals surface area contributed by atoms with Gasteiger partial charge in [-0.05, 0) is 18.2 Å². The number of nitrogens with zero attached hydrogens (tertiary/aromatic N) is 1. The number of aromatic nitrogens is 1. The molecule has 0 fully saturated rings. The van der Waals surface area contributed by atoms with Gasteiger partial charge in [0.1, 0.15) is 5.15 Å². The molecule has 0 aliphatic carbocycles. The van der Waals surface area contributed by atoms with Gasteiger partial charge in [-0.3, -0.25) is 0 Å². The standard InChI is InChI=1S/C9H5Cl2NS2/c10-6-2-1-3-7(4-6)14-9-12-8(11)5-13-9/h1-5H. The second-order valence-electron chi connectivity index (χ2n) is 2.50. The average molecular weight is 262 g/mol. The predicted octanol–water partition coefficient (Wildman–Crippen LogP) is 4.60. The molecule has 0 spiro atoms. The van der Waals surface area contributed by atoms with E-state index in [1.54, 1.807) is 11.8 Å². The summed E-state index contributed by atoms with van der Waals surface area (Å²) in [5.74, 6) is 0. The minimum absolute atomic E-state index is 0.541. The van der Waals surface area contributed by atoms with E-state index in [-0.39, 0.29) is 0 Å². The van der Waals surface area contributed by atoms with Crippen LogP contribution in [0.2, 0.25) is 10.2 Å². The van der Waals surface area contributed by atoms with Crippen LogP contribution in [0.25, 0.3) is 0 Å². The Hall–Kier alpha value is -0.220. The summed E-state index contributed by atoms with van der Waals surface area (Å²) in [7, 11) is 0. The second kappa shape index (κ2) is 4.53. The molecule has 0 bridgehead atoms. The number of halogens is 2. The van der Waals surface area contributed by atoms with Crippen LogP contribution in [0.5, 0.6) is 0 Å². The van der Waals surface area contributed by atoms with Crippen LogP contribution in [0.4, 0.5) is 0 Å². The first-order valence-corrected chi connectivity index (χ1v) is 6.24. The van der Waals surface area contributed by atoms with E-state index in [2.05, 4.69) is 4.98 Å². The zero-order chi connectivity index (χ0) is 9.97. The van der Waals surface area contributed by atoms with E-state index in [1.165, 1.54) is 11.3 Å². The fraction of sp³-hybridized carbons (Fsp3) is 0. The molecular weight excluding hydrogens is 257 g/mol. The molecule has 0 unspecified atom stereocenters. The Morgan fingerprint density at radius 1 is 1.29 bits per heavy atom. The van der Waals surface area contributed by atoms with Crippen LogP contribution in [0.3, 0.4) is 0 Å². The molecule has 0 N–H and O–H groups in total. The van der Waals surface area contributed by atoms with Crippen molar-refractivity contribution in [3.63, 3.8) is 0 Å². The lowest BCUT2D eigenvalue weighted by Crippen LogP contribution is -1.71. The summed E-state index contributed by atoms with van der Waals surface area (Å²) >= 11 is 14.7. The van der Waals surface area contributed by atoms with E-state index >= 15 is 0 Å². The molecule has 1 aromatic heterocycles. The minimum Gasteiger partial charge on any atom is -0.218 e. The first-order chi connectivity index (χ1) is 6.74. The molecule has 72 valence electrons. The van der Waals surface area contributed by atoms with Gasteiger partial charge in [-0.25, -0.2) is 4.98 Å². The van der Waals surface area contributed by atoms with Crippen molar-refractivity contribution >= 4 is 46.3 Å². The average Bonchev–Trinajstić information content (AvgIpc) is 2.51. The number of benzene rings is 1. The van der Waals surface area contributed by atoms with E-state index in [1.807, 2.05) is 29.6 Å². The van der Waals surface area contributed by atoms with E-state index < -0.39 is 0 Å². The summed E-state index contributed by atoms with van der Waals surface area (Å²) in [4.78, 5) is 5.21. The second-order valence-corrected chi connectivity index (χ2v) is 5.50. The van der Waals surface area contributed by atoms with E-state index in [0.717, 1.165) is 14.3 Å². The summed E-state index contributed by atoms with van der Waals surface area (Å²) in [6.07, 6.45) is 0. The fourth-order valence-corrected chi connectivity index (χ4v) is 3.20. The molecule has 2 aromatic rings. The number of hydrogen-bond donors (Lipinski definition) is 0. The third kappa shape index (κ3) is 2.64. The van der Waals surface area contributed by atoms with Crippen molar-refractivity contribution < 1.29 is 0 Å². The zero-order valence-corrected chi connectivity index (χ0v) is 10.1. The Labute approximate surface area is 100 Å². The van der Waals surface area contributed by atoms with Crippen molar-refractivity contribution in [1.29, 1.82) is 0 Å². The number of thiazole rings is 1. The number of rotatable bonds is 2. The first-order valence-electron chi connectivity index (χ1n) is 3.78. The molecule has 1 heterocycles. The van der Waals surface area contributed by atoms with Gasteiger partial charge in [0.15, 0.2) is 4.34 Å². The van der Waals surface area contributed by atoms with Gasteiger partial charge in [0, 0.05) is 15.3 Å². The highest BCUT2D eigenvalue weighted by atomic mass is 35.5. The van der Waals surface area contributed by atoms with Crippen molar-refractivity contribution in [1.82, 2.24) is 4.98 Å². The van der Waals surface area contributed by atoms with Crippen LogP contribution in [0, 0.1) is 0 Å². The highest BCUT2D eigenvalue weighted by Crippen LogP contribution is 2.32. The van der Waals surface area contributed by atoms with Crippen molar-refractivity contribution in [2.45, 2.75) is 9.24 Å². The SMILES string of the molecule is Clc1cccc(Sc2nc(Cl)cs2)c1. The van der Waals surface area contributed by atoms with Gasteiger partial charge in [-0.1, -0.05) is 41.0 Å². The maximum absolute atomic E-state index is 5.86. The van der Waals surface area contributed by atoms with Gasteiger partial charge < -0.3 is 0 Å². The van der Waals surface area contributed by atoms with Crippen LogP contribution in [-0.4, -0.2) is 4.98 Å². The molecule has 1 aromatic carbocycles. The maximum atomic E-state index is 5.86. The Kier molecular flexibility index (Phi) is 3.34. The van der Waals surface area contributed by atoms with Crippen molar-refractivity contribution in [3.05, 3.63) is 39.8 Å². The molecule has 0 saturated heterocycles. The lowest BCUT2D eigenvalue weighted by molar-refractivity contribution is 1.25. The normalized spacial score (nSPS) is 10.4. The third-order valence-corrected chi connectivity index (χ3v) is 3.94. The Morgan fingerprint density at radius 2 is 2.14 bits per heavy atom. The smallest absolute Gasteiger partial charge is 0.156 e. The minimum atomic E-state index is 0.541. The molecule has 14 heavy (non-hydrogen) atoms. The molecule has 0 aliphatic heterocycles. The lowest BCUT2D eigenvalue weighted by atomic mass is 10.4.